The van der Waals surface area contributed by atoms with Crippen molar-refractivity contribution in [3.05, 3.63) is 28.0 Å². The van der Waals surface area contributed by atoms with Gasteiger partial charge in [-0.3, -0.25) is 4.79 Å². The maximum absolute atomic E-state index is 11.6. The number of piperazine rings is 1. The van der Waals surface area contributed by atoms with Crippen molar-refractivity contribution in [2.24, 2.45) is 0 Å². The van der Waals surface area contributed by atoms with Crippen LogP contribution in [0.25, 0.3) is 0 Å². The number of anilines is 1. The Morgan fingerprint density at radius 2 is 2.07 bits per heavy atom. The van der Waals surface area contributed by atoms with Crippen LogP contribution in [-0.4, -0.2) is 31.2 Å². The first-order valence-electron chi connectivity index (χ1n) is 5.49. The third-order valence-electron chi connectivity index (χ3n) is 2.81. The topological polar surface area (TPSA) is 48.1 Å². The maximum Gasteiger partial charge on any atom is 0.252 e. The standard InChI is InChI=1S/C11H17N3O/c1-2-9-3-4-10(13-11(9)15)14-7-5-12-6-8-14/h3-4,12H,2,5-8H2,1H3,(H,13,15). The van der Waals surface area contributed by atoms with Crippen LogP contribution in [0.4, 0.5) is 5.82 Å². The molecule has 82 valence electrons. The predicted molar refractivity (Wildman–Crippen MR) is 61.5 cm³/mol. The van der Waals surface area contributed by atoms with Gasteiger partial charge in [0, 0.05) is 31.7 Å². The summed E-state index contributed by atoms with van der Waals surface area (Å²) in [6.45, 7) is 5.88. The zero-order valence-corrected chi connectivity index (χ0v) is 9.05. The first-order valence-corrected chi connectivity index (χ1v) is 5.49. The Hall–Kier alpha value is -1.29. The molecule has 2 heterocycles. The second kappa shape index (κ2) is 4.49. The smallest absolute Gasteiger partial charge is 0.252 e. The molecule has 15 heavy (non-hydrogen) atoms. The second-order valence-corrected chi connectivity index (χ2v) is 3.79. The summed E-state index contributed by atoms with van der Waals surface area (Å²) in [5.41, 5.74) is 0.905. The Bertz CT molecular complexity index is 380. The van der Waals surface area contributed by atoms with Crippen molar-refractivity contribution in [3.8, 4) is 0 Å². The van der Waals surface area contributed by atoms with E-state index < -0.39 is 0 Å². The fourth-order valence-electron chi connectivity index (χ4n) is 1.86. The molecule has 0 bridgehead atoms. The lowest BCUT2D eigenvalue weighted by Gasteiger charge is -2.28. The van der Waals surface area contributed by atoms with Gasteiger partial charge in [0.25, 0.3) is 5.56 Å². The van der Waals surface area contributed by atoms with Gasteiger partial charge in [0.2, 0.25) is 0 Å². The lowest BCUT2D eigenvalue weighted by Crippen LogP contribution is -2.44. The fraction of sp³-hybridized carbons (Fsp3) is 0.545. The lowest BCUT2D eigenvalue weighted by atomic mass is 10.2. The molecule has 1 aromatic rings. The number of hydrogen-bond donors (Lipinski definition) is 2. The molecular formula is C11H17N3O. The molecule has 0 saturated carbocycles. The number of hydrogen-bond acceptors (Lipinski definition) is 3. The highest BCUT2D eigenvalue weighted by Crippen LogP contribution is 2.09. The molecule has 4 heteroatoms. The van der Waals surface area contributed by atoms with Gasteiger partial charge in [0.1, 0.15) is 5.82 Å². The molecule has 0 atom stereocenters. The molecule has 0 radical (unpaired) electrons. The second-order valence-electron chi connectivity index (χ2n) is 3.79. The van der Waals surface area contributed by atoms with Crippen LogP contribution >= 0.6 is 0 Å². The van der Waals surface area contributed by atoms with Crippen molar-refractivity contribution in [3.63, 3.8) is 0 Å². The van der Waals surface area contributed by atoms with Gasteiger partial charge in [-0.1, -0.05) is 6.92 Å². The van der Waals surface area contributed by atoms with Gasteiger partial charge in [0.05, 0.1) is 0 Å². The Morgan fingerprint density at radius 1 is 1.33 bits per heavy atom. The van der Waals surface area contributed by atoms with E-state index in [1.807, 2.05) is 19.1 Å². The predicted octanol–water partition coefficient (Wildman–Crippen LogP) is 0.347. The van der Waals surface area contributed by atoms with Crippen LogP contribution in [0.15, 0.2) is 16.9 Å². The normalized spacial score (nSPS) is 16.7. The lowest BCUT2D eigenvalue weighted by molar-refractivity contribution is 0.584. The fourth-order valence-corrected chi connectivity index (χ4v) is 1.86. The number of rotatable bonds is 2. The van der Waals surface area contributed by atoms with E-state index >= 15 is 0 Å². The van der Waals surface area contributed by atoms with E-state index in [1.54, 1.807) is 0 Å². The minimum atomic E-state index is 0.0496. The van der Waals surface area contributed by atoms with E-state index in [1.165, 1.54) is 0 Å². The zero-order chi connectivity index (χ0) is 10.7. The molecule has 1 aromatic heterocycles. The first kappa shape index (κ1) is 10.2. The molecule has 1 fully saturated rings. The average Bonchev–Trinajstić information content (AvgIpc) is 2.30. The van der Waals surface area contributed by atoms with Gasteiger partial charge in [0.15, 0.2) is 0 Å². The van der Waals surface area contributed by atoms with Crippen molar-refractivity contribution in [2.75, 3.05) is 31.1 Å². The molecule has 0 aliphatic carbocycles. The quantitative estimate of drug-likeness (QED) is 0.735. The Balaban J connectivity index is 2.21. The van der Waals surface area contributed by atoms with Gasteiger partial charge < -0.3 is 15.2 Å². The number of nitrogens with one attached hydrogen (secondary N) is 2. The van der Waals surface area contributed by atoms with Gasteiger partial charge in [-0.25, -0.2) is 0 Å². The number of nitrogens with zero attached hydrogens (tertiary/aromatic N) is 1. The van der Waals surface area contributed by atoms with Crippen LogP contribution in [0.2, 0.25) is 0 Å². The molecule has 0 unspecified atom stereocenters. The average molecular weight is 207 g/mol. The van der Waals surface area contributed by atoms with Crippen molar-refractivity contribution >= 4 is 5.82 Å². The third-order valence-corrected chi connectivity index (χ3v) is 2.81. The van der Waals surface area contributed by atoms with Gasteiger partial charge >= 0.3 is 0 Å². The molecule has 1 aliphatic heterocycles. The van der Waals surface area contributed by atoms with Crippen LogP contribution in [0, 0.1) is 0 Å². The van der Waals surface area contributed by atoms with Gasteiger partial charge in [-0.2, -0.15) is 0 Å². The largest absolute Gasteiger partial charge is 0.356 e. The Morgan fingerprint density at radius 3 is 2.67 bits per heavy atom. The monoisotopic (exact) mass is 207 g/mol. The summed E-state index contributed by atoms with van der Waals surface area (Å²) in [7, 11) is 0. The highest BCUT2D eigenvalue weighted by Gasteiger charge is 2.11. The van der Waals surface area contributed by atoms with Crippen LogP contribution in [0.1, 0.15) is 12.5 Å². The summed E-state index contributed by atoms with van der Waals surface area (Å²) in [5.74, 6) is 0.943. The van der Waals surface area contributed by atoms with E-state index in [4.69, 9.17) is 0 Å². The van der Waals surface area contributed by atoms with Crippen LogP contribution in [0.3, 0.4) is 0 Å². The number of aromatic nitrogens is 1. The van der Waals surface area contributed by atoms with E-state index in [9.17, 15) is 4.79 Å². The van der Waals surface area contributed by atoms with Crippen molar-refractivity contribution in [2.45, 2.75) is 13.3 Å². The van der Waals surface area contributed by atoms with Crippen molar-refractivity contribution in [1.29, 1.82) is 0 Å². The van der Waals surface area contributed by atoms with E-state index in [-0.39, 0.29) is 5.56 Å². The van der Waals surface area contributed by atoms with Crippen molar-refractivity contribution in [1.82, 2.24) is 10.3 Å². The van der Waals surface area contributed by atoms with Gasteiger partial charge in [-0.15, -0.1) is 0 Å². The van der Waals surface area contributed by atoms with E-state index in [0.29, 0.717) is 0 Å². The Kier molecular flexibility index (Phi) is 3.06. The number of aromatic amines is 1. The van der Waals surface area contributed by atoms with Crippen LogP contribution in [-0.2, 0) is 6.42 Å². The number of pyridine rings is 1. The first-order chi connectivity index (χ1) is 7.31. The summed E-state index contributed by atoms with van der Waals surface area (Å²) >= 11 is 0. The number of aryl methyl sites for hydroxylation is 1. The molecule has 1 aliphatic rings. The Labute approximate surface area is 89.3 Å². The van der Waals surface area contributed by atoms with Crippen LogP contribution in [0.5, 0.6) is 0 Å². The highest BCUT2D eigenvalue weighted by molar-refractivity contribution is 5.39. The minimum Gasteiger partial charge on any atom is -0.356 e. The highest BCUT2D eigenvalue weighted by atomic mass is 16.1. The molecule has 0 spiro atoms. The summed E-state index contributed by atoms with van der Waals surface area (Å²) in [5, 5.41) is 3.29. The van der Waals surface area contributed by atoms with E-state index in [0.717, 1.165) is 44.0 Å². The van der Waals surface area contributed by atoms with Gasteiger partial charge in [-0.05, 0) is 18.6 Å². The summed E-state index contributed by atoms with van der Waals surface area (Å²) in [6, 6.07) is 3.93. The molecule has 2 N–H and O–H groups in total. The molecule has 0 amide bonds. The molecule has 1 saturated heterocycles. The summed E-state index contributed by atoms with van der Waals surface area (Å²) in [6.07, 6.45) is 0.789. The summed E-state index contributed by atoms with van der Waals surface area (Å²) < 4.78 is 0. The molecule has 0 aromatic carbocycles. The SMILES string of the molecule is CCc1ccc(N2CCNCC2)[nH]c1=O. The van der Waals surface area contributed by atoms with Crippen molar-refractivity contribution < 1.29 is 0 Å². The number of H-pyrrole nitrogens is 1. The third kappa shape index (κ3) is 2.21. The van der Waals surface area contributed by atoms with Crippen LogP contribution < -0.4 is 15.8 Å². The maximum atomic E-state index is 11.6. The van der Waals surface area contributed by atoms with E-state index in [2.05, 4.69) is 15.2 Å². The molecular weight excluding hydrogens is 190 g/mol. The summed E-state index contributed by atoms with van der Waals surface area (Å²) in [4.78, 5) is 16.8. The minimum absolute atomic E-state index is 0.0496. The molecule has 2 rings (SSSR count). The molecule has 4 nitrogen and oxygen atoms in total. The zero-order valence-electron chi connectivity index (χ0n) is 9.05.